The molecule has 2 rings (SSSR count). The van der Waals surface area contributed by atoms with Crippen LogP contribution in [-0.2, 0) is 4.79 Å². The number of nitrogen functional groups attached to an aromatic ring is 1. The quantitative estimate of drug-likeness (QED) is 0.670. The summed E-state index contributed by atoms with van der Waals surface area (Å²) in [5.74, 6) is 0.0738. The molecule has 0 fully saturated rings. The van der Waals surface area contributed by atoms with Gasteiger partial charge in [-0.3, -0.25) is 4.79 Å². The number of carbonyl (C=O) groups excluding carboxylic acids is 1. The van der Waals surface area contributed by atoms with Gasteiger partial charge in [0.2, 0.25) is 5.91 Å². The van der Waals surface area contributed by atoms with Gasteiger partial charge in [-0.15, -0.1) is 0 Å². The average Bonchev–Trinajstić information content (AvgIpc) is 2.29. The standard InChI is InChI=1S/C12H16N4O/c1-7-5-11(17)15-16-12(7)8-3-4-10(14-2)9(13)6-8/h3-4,6-7,14H,5,13H2,1-2H3,(H,15,17). The fourth-order valence-electron chi connectivity index (χ4n) is 1.95. The number of nitrogens with two attached hydrogens (primary N) is 1. The number of hydrogen-bond acceptors (Lipinski definition) is 4. The summed E-state index contributed by atoms with van der Waals surface area (Å²) < 4.78 is 0. The first-order valence-corrected chi connectivity index (χ1v) is 5.56. The fraction of sp³-hybridized carbons (Fsp3) is 0.333. The van der Waals surface area contributed by atoms with Gasteiger partial charge in [0.15, 0.2) is 0 Å². The Balaban J connectivity index is 2.34. The van der Waals surface area contributed by atoms with Gasteiger partial charge in [0.1, 0.15) is 0 Å². The minimum Gasteiger partial charge on any atom is -0.397 e. The summed E-state index contributed by atoms with van der Waals surface area (Å²) in [6.07, 6.45) is 0.465. The molecule has 0 radical (unpaired) electrons. The Morgan fingerprint density at radius 2 is 2.29 bits per heavy atom. The number of nitrogens with one attached hydrogen (secondary N) is 2. The number of hydrogen-bond donors (Lipinski definition) is 3. The maximum atomic E-state index is 11.2. The SMILES string of the molecule is CNc1ccc(C2=NNC(=O)CC2C)cc1N. The van der Waals surface area contributed by atoms with Crippen LogP contribution >= 0.6 is 0 Å². The zero-order valence-corrected chi connectivity index (χ0v) is 9.95. The second-order valence-electron chi connectivity index (χ2n) is 4.19. The van der Waals surface area contributed by atoms with Gasteiger partial charge in [-0.05, 0) is 12.1 Å². The van der Waals surface area contributed by atoms with Crippen LogP contribution in [-0.4, -0.2) is 18.7 Å². The van der Waals surface area contributed by atoms with Crippen LogP contribution in [0.2, 0.25) is 0 Å². The van der Waals surface area contributed by atoms with Gasteiger partial charge in [-0.1, -0.05) is 13.0 Å². The molecule has 0 spiro atoms. The Morgan fingerprint density at radius 3 is 2.88 bits per heavy atom. The van der Waals surface area contributed by atoms with Crippen molar-refractivity contribution in [1.29, 1.82) is 0 Å². The molecule has 0 aromatic heterocycles. The van der Waals surface area contributed by atoms with Crippen molar-refractivity contribution in [3.8, 4) is 0 Å². The highest BCUT2D eigenvalue weighted by atomic mass is 16.2. The Labute approximate surface area is 100 Å². The van der Waals surface area contributed by atoms with Gasteiger partial charge >= 0.3 is 0 Å². The Hall–Kier alpha value is -2.04. The number of amides is 1. The summed E-state index contributed by atoms with van der Waals surface area (Å²) in [6, 6.07) is 5.74. The molecule has 1 heterocycles. The van der Waals surface area contributed by atoms with Gasteiger partial charge in [-0.25, -0.2) is 5.43 Å². The van der Waals surface area contributed by atoms with Crippen molar-refractivity contribution < 1.29 is 4.79 Å². The van der Waals surface area contributed by atoms with Crippen LogP contribution in [0.3, 0.4) is 0 Å². The van der Waals surface area contributed by atoms with E-state index in [0.717, 1.165) is 17.0 Å². The molecule has 0 saturated heterocycles. The zero-order chi connectivity index (χ0) is 12.4. The van der Waals surface area contributed by atoms with Crippen LogP contribution in [0.4, 0.5) is 11.4 Å². The van der Waals surface area contributed by atoms with Gasteiger partial charge in [0.05, 0.1) is 17.1 Å². The third-order valence-corrected chi connectivity index (χ3v) is 2.88. The van der Waals surface area contributed by atoms with Crippen LogP contribution in [0, 0.1) is 5.92 Å². The van der Waals surface area contributed by atoms with Gasteiger partial charge in [0, 0.05) is 24.9 Å². The topological polar surface area (TPSA) is 79.5 Å². The van der Waals surface area contributed by atoms with Crippen molar-refractivity contribution in [3.63, 3.8) is 0 Å². The first kappa shape index (κ1) is 11.4. The van der Waals surface area contributed by atoms with E-state index in [2.05, 4.69) is 15.8 Å². The molecule has 1 unspecified atom stereocenters. The normalized spacial score (nSPS) is 19.5. The third-order valence-electron chi connectivity index (χ3n) is 2.88. The molecular weight excluding hydrogens is 216 g/mol. The predicted octanol–water partition coefficient (Wildman–Crippen LogP) is 1.17. The second-order valence-corrected chi connectivity index (χ2v) is 4.19. The average molecular weight is 232 g/mol. The Bertz CT molecular complexity index is 481. The Kier molecular flexibility index (Phi) is 2.99. The van der Waals surface area contributed by atoms with Crippen molar-refractivity contribution in [2.75, 3.05) is 18.1 Å². The lowest BCUT2D eigenvalue weighted by molar-refractivity contribution is -0.121. The summed E-state index contributed by atoms with van der Waals surface area (Å²) in [4.78, 5) is 11.2. The first-order valence-electron chi connectivity index (χ1n) is 5.56. The first-order chi connectivity index (χ1) is 8.11. The summed E-state index contributed by atoms with van der Waals surface area (Å²) in [5.41, 5.74) is 11.8. The summed E-state index contributed by atoms with van der Waals surface area (Å²) >= 11 is 0. The lowest BCUT2D eigenvalue weighted by Crippen LogP contribution is -2.32. The van der Waals surface area contributed by atoms with Crippen LogP contribution in [0.15, 0.2) is 23.3 Å². The molecule has 1 aromatic rings. The molecule has 1 atom stereocenters. The van der Waals surface area contributed by atoms with Gasteiger partial charge < -0.3 is 11.1 Å². The molecule has 1 aliphatic heterocycles. The Morgan fingerprint density at radius 1 is 1.53 bits per heavy atom. The van der Waals surface area contributed by atoms with E-state index < -0.39 is 0 Å². The lowest BCUT2D eigenvalue weighted by atomic mass is 9.93. The predicted molar refractivity (Wildman–Crippen MR) is 68.9 cm³/mol. The van der Waals surface area contributed by atoms with E-state index >= 15 is 0 Å². The highest BCUT2D eigenvalue weighted by molar-refractivity contribution is 6.06. The van der Waals surface area contributed by atoms with Crippen LogP contribution < -0.4 is 16.5 Å². The summed E-state index contributed by atoms with van der Waals surface area (Å²) in [6.45, 7) is 1.99. The molecule has 4 N–H and O–H groups in total. The molecular formula is C12H16N4O. The summed E-state index contributed by atoms with van der Waals surface area (Å²) in [5, 5.41) is 7.11. The summed E-state index contributed by atoms with van der Waals surface area (Å²) in [7, 11) is 1.83. The van der Waals surface area contributed by atoms with E-state index in [1.54, 1.807) is 0 Å². The van der Waals surface area contributed by atoms with Crippen molar-refractivity contribution in [1.82, 2.24) is 5.43 Å². The smallest absolute Gasteiger partial charge is 0.240 e. The largest absolute Gasteiger partial charge is 0.397 e. The molecule has 17 heavy (non-hydrogen) atoms. The minimum absolute atomic E-state index is 0.0407. The van der Waals surface area contributed by atoms with Crippen LogP contribution in [0.1, 0.15) is 18.9 Å². The fourth-order valence-corrected chi connectivity index (χ4v) is 1.95. The third kappa shape index (κ3) is 2.22. The number of rotatable bonds is 2. The molecule has 1 aromatic carbocycles. The number of anilines is 2. The van der Waals surface area contributed by atoms with E-state index in [1.807, 2.05) is 32.2 Å². The van der Waals surface area contributed by atoms with Crippen molar-refractivity contribution in [2.24, 2.45) is 11.0 Å². The molecule has 1 amide bonds. The minimum atomic E-state index is -0.0407. The van der Waals surface area contributed by atoms with Gasteiger partial charge in [-0.2, -0.15) is 5.10 Å². The van der Waals surface area contributed by atoms with E-state index in [-0.39, 0.29) is 11.8 Å². The van der Waals surface area contributed by atoms with Crippen molar-refractivity contribution >= 4 is 23.0 Å². The molecule has 0 aliphatic carbocycles. The highest BCUT2D eigenvalue weighted by Gasteiger charge is 2.21. The molecule has 5 heteroatoms. The molecule has 5 nitrogen and oxygen atoms in total. The van der Waals surface area contributed by atoms with Crippen LogP contribution in [0.5, 0.6) is 0 Å². The molecule has 90 valence electrons. The van der Waals surface area contributed by atoms with E-state index in [9.17, 15) is 4.79 Å². The number of nitrogens with zero attached hydrogens (tertiary/aromatic N) is 1. The second kappa shape index (κ2) is 4.45. The number of hydrazone groups is 1. The maximum absolute atomic E-state index is 11.2. The number of carbonyl (C=O) groups is 1. The highest BCUT2D eigenvalue weighted by Crippen LogP contribution is 2.23. The van der Waals surface area contributed by atoms with Crippen molar-refractivity contribution in [3.05, 3.63) is 23.8 Å². The van der Waals surface area contributed by atoms with E-state index in [4.69, 9.17) is 5.73 Å². The lowest BCUT2D eigenvalue weighted by Gasteiger charge is -2.19. The maximum Gasteiger partial charge on any atom is 0.240 e. The van der Waals surface area contributed by atoms with Crippen molar-refractivity contribution in [2.45, 2.75) is 13.3 Å². The number of benzene rings is 1. The van der Waals surface area contributed by atoms with Crippen LogP contribution in [0.25, 0.3) is 0 Å². The monoisotopic (exact) mass is 232 g/mol. The zero-order valence-electron chi connectivity index (χ0n) is 9.95. The molecule has 1 aliphatic rings. The molecule has 0 bridgehead atoms. The molecule has 0 saturated carbocycles. The van der Waals surface area contributed by atoms with E-state index in [1.165, 1.54) is 0 Å². The van der Waals surface area contributed by atoms with E-state index in [0.29, 0.717) is 12.1 Å². The van der Waals surface area contributed by atoms with Gasteiger partial charge in [0.25, 0.3) is 0 Å².